The number of rotatable bonds is 3. The number of hydrogen-bond donors (Lipinski definition) is 3. The number of nitrogens with zero attached hydrogens (tertiary/aromatic N) is 1. The van der Waals surface area contributed by atoms with Crippen LogP contribution < -0.4 is 11.1 Å². The third kappa shape index (κ3) is 2.55. The van der Waals surface area contributed by atoms with Crippen LogP contribution in [0.5, 0.6) is 0 Å². The lowest BCUT2D eigenvalue weighted by atomic mass is 9.98. The average Bonchev–Trinajstić information content (AvgIpc) is 2.86. The van der Waals surface area contributed by atoms with Gasteiger partial charge in [-0.1, -0.05) is 6.42 Å². The van der Waals surface area contributed by atoms with Crippen LogP contribution in [0.3, 0.4) is 0 Å². The van der Waals surface area contributed by atoms with E-state index in [1.807, 2.05) is 0 Å². The molecule has 114 valence electrons. The van der Waals surface area contributed by atoms with Crippen molar-refractivity contribution >= 4 is 17.3 Å². The Balaban J connectivity index is 1.85. The summed E-state index contributed by atoms with van der Waals surface area (Å²) in [5.74, 6) is -1.89. The van der Waals surface area contributed by atoms with Crippen molar-refractivity contribution in [2.45, 2.75) is 37.8 Å². The van der Waals surface area contributed by atoms with Gasteiger partial charge in [-0.05, 0) is 37.9 Å². The van der Waals surface area contributed by atoms with Gasteiger partial charge in [0.2, 0.25) is 0 Å². The number of benzene rings is 1. The first-order chi connectivity index (χ1) is 10.1. The van der Waals surface area contributed by atoms with Crippen molar-refractivity contribution in [3.63, 3.8) is 0 Å². The van der Waals surface area contributed by atoms with Crippen LogP contribution in [0.25, 0.3) is 0 Å². The molecule has 2 fully saturated rings. The van der Waals surface area contributed by atoms with E-state index in [0.29, 0.717) is 11.7 Å². The Bertz CT molecular complexity index is 564. The SMILES string of the molecule is Nc1c(F)ccc(NC2CCN3CCCCC23)c1C(=O)O. The molecule has 5 nitrogen and oxygen atoms in total. The van der Waals surface area contributed by atoms with Crippen LogP contribution in [0.2, 0.25) is 0 Å². The highest BCUT2D eigenvalue weighted by Gasteiger charge is 2.36. The van der Waals surface area contributed by atoms with E-state index in [9.17, 15) is 14.3 Å². The maximum absolute atomic E-state index is 13.5. The fourth-order valence-corrected chi connectivity index (χ4v) is 3.56. The molecule has 0 aromatic heterocycles. The molecule has 0 radical (unpaired) electrons. The van der Waals surface area contributed by atoms with Crippen molar-refractivity contribution in [3.8, 4) is 0 Å². The predicted molar refractivity (Wildman–Crippen MR) is 79.0 cm³/mol. The zero-order valence-corrected chi connectivity index (χ0v) is 11.8. The molecule has 2 atom stereocenters. The number of hydrogen-bond acceptors (Lipinski definition) is 4. The molecule has 3 rings (SSSR count). The van der Waals surface area contributed by atoms with Crippen LogP contribution >= 0.6 is 0 Å². The molecule has 0 spiro atoms. The number of aromatic carboxylic acids is 1. The summed E-state index contributed by atoms with van der Waals surface area (Å²) >= 11 is 0. The van der Waals surface area contributed by atoms with Crippen molar-refractivity contribution in [1.82, 2.24) is 4.90 Å². The topological polar surface area (TPSA) is 78.6 Å². The second kappa shape index (κ2) is 5.52. The molecule has 1 aromatic rings. The second-order valence-corrected chi connectivity index (χ2v) is 5.83. The maximum atomic E-state index is 13.5. The van der Waals surface area contributed by atoms with E-state index in [1.165, 1.54) is 25.0 Å². The summed E-state index contributed by atoms with van der Waals surface area (Å²) in [6.45, 7) is 2.14. The monoisotopic (exact) mass is 293 g/mol. The standard InChI is InChI=1S/C15H20FN3O2/c16-9-4-5-11(13(14(9)17)15(20)21)18-10-6-8-19-7-2-1-3-12(10)19/h4-5,10,12,18H,1-3,6-8,17H2,(H,20,21). The van der Waals surface area contributed by atoms with E-state index in [0.717, 1.165) is 25.9 Å². The molecule has 2 unspecified atom stereocenters. The lowest BCUT2D eigenvalue weighted by Crippen LogP contribution is -2.41. The summed E-state index contributed by atoms with van der Waals surface area (Å²) in [4.78, 5) is 13.8. The van der Waals surface area contributed by atoms with Crippen LogP contribution in [-0.4, -0.2) is 41.1 Å². The number of nitrogen functional groups attached to an aromatic ring is 1. The third-order valence-corrected chi connectivity index (χ3v) is 4.60. The number of carboxylic acid groups (broad SMARTS) is 1. The smallest absolute Gasteiger partial charge is 0.340 e. The number of carbonyl (C=O) groups is 1. The molecule has 2 heterocycles. The Hall–Kier alpha value is -1.82. The van der Waals surface area contributed by atoms with Gasteiger partial charge in [-0.3, -0.25) is 4.90 Å². The lowest BCUT2D eigenvalue weighted by molar-refractivity contribution is 0.0698. The van der Waals surface area contributed by atoms with E-state index in [-0.39, 0.29) is 17.3 Å². The fraction of sp³-hybridized carbons (Fsp3) is 0.533. The molecular weight excluding hydrogens is 273 g/mol. The van der Waals surface area contributed by atoms with Gasteiger partial charge in [-0.2, -0.15) is 0 Å². The molecule has 1 aromatic carbocycles. The molecule has 2 aliphatic rings. The van der Waals surface area contributed by atoms with E-state index in [4.69, 9.17) is 5.73 Å². The second-order valence-electron chi connectivity index (χ2n) is 5.83. The summed E-state index contributed by atoms with van der Waals surface area (Å²) in [6.07, 6.45) is 4.53. The van der Waals surface area contributed by atoms with E-state index in [1.54, 1.807) is 0 Å². The highest BCUT2D eigenvalue weighted by Crippen LogP contribution is 2.32. The zero-order chi connectivity index (χ0) is 15.0. The third-order valence-electron chi connectivity index (χ3n) is 4.60. The molecular formula is C15H20FN3O2. The van der Waals surface area contributed by atoms with Crippen LogP contribution in [-0.2, 0) is 0 Å². The molecule has 0 saturated carbocycles. The minimum absolute atomic E-state index is 0.163. The van der Waals surface area contributed by atoms with Gasteiger partial charge in [0, 0.05) is 18.6 Å². The van der Waals surface area contributed by atoms with Crippen molar-refractivity contribution in [2.75, 3.05) is 24.1 Å². The first kappa shape index (κ1) is 14.1. The Morgan fingerprint density at radius 2 is 2.14 bits per heavy atom. The number of fused-ring (bicyclic) bond motifs is 1. The first-order valence-electron chi connectivity index (χ1n) is 7.40. The van der Waals surface area contributed by atoms with Gasteiger partial charge in [0.05, 0.1) is 11.4 Å². The number of halogens is 1. The summed E-state index contributed by atoms with van der Waals surface area (Å²) in [6, 6.07) is 3.33. The number of piperidine rings is 1. The van der Waals surface area contributed by atoms with Crippen LogP contribution in [0, 0.1) is 5.82 Å². The van der Waals surface area contributed by atoms with Gasteiger partial charge in [0.15, 0.2) is 0 Å². The minimum atomic E-state index is -1.20. The van der Waals surface area contributed by atoms with Crippen molar-refractivity contribution < 1.29 is 14.3 Å². The minimum Gasteiger partial charge on any atom is -0.478 e. The summed E-state index contributed by atoms with van der Waals surface area (Å²) < 4.78 is 13.5. The quantitative estimate of drug-likeness (QED) is 0.744. The lowest BCUT2D eigenvalue weighted by Gasteiger charge is -2.33. The zero-order valence-electron chi connectivity index (χ0n) is 11.8. The van der Waals surface area contributed by atoms with Gasteiger partial charge in [-0.15, -0.1) is 0 Å². The van der Waals surface area contributed by atoms with Gasteiger partial charge in [0.1, 0.15) is 11.4 Å². The first-order valence-corrected chi connectivity index (χ1v) is 7.40. The molecule has 0 aliphatic carbocycles. The van der Waals surface area contributed by atoms with Crippen LogP contribution in [0.4, 0.5) is 15.8 Å². The normalized spacial score (nSPS) is 25.6. The van der Waals surface area contributed by atoms with Crippen molar-refractivity contribution in [2.24, 2.45) is 0 Å². The Kier molecular flexibility index (Phi) is 3.71. The van der Waals surface area contributed by atoms with E-state index in [2.05, 4.69) is 10.2 Å². The van der Waals surface area contributed by atoms with E-state index < -0.39 is 11.8 Å². The highest BCUT2D eigenvalue weighted by atomic mass is 19.1. The highest BCUT2D eigenvalue weighted by molar-refractivity contribution is 6.00. The number of carboxylic acids is 1. The molecule has 4 N–H and O–H groups in total. The Morgan fingerprint density at radius 3 is 2.90 bits per heavy atom. The molecule has 0 amide bonds. The molecule has 6 heteroatoms. The average molecular weight is 293 g/mol. The Labute approximate surface area is 122 Å². The van der Waals surface area contributed by atoms with Crippen molar-refractivity contribution in [3.05, 3.63) is 23.5 Å². The molecule has 2 aliphatic heterocycles. The number of nitrogens with one attached hydrogen (secondary N) is 1. The van der Waals surface area contributed by atoms with Gasteiger partial charge in [-0.25, -0.2) is 9.18 Å². The fourth-order valence-electron chi connectivity index (χ4n) is 3.56. The van der Waals surface area contributed by atoms with E-state index >= 15 is 0 Å². The summed E-state index contributed by atoms with van der Waals surface area (Å²) in [5.41, 5.74) is 5.54. The van der Waals surface area contributed by atoms with Gasteiger partial charge >= 0.3 is 5.97 Å². The number of anilines is 2. The largest absolute Gasteiger partial charge is 0.478 e. The van der Waals surface area contributed by atoms with Gasteiger partial charge < -0.3 is 16.2 Å². The Morgan fingerprint density at radius 1 is 1.33 bits per heavy atom. The predicted octanol–water partition coefficient (Wildman–Crippen LogP) is 2.14. The molecule has 21 heavy (non-hydrogen) atoms. The molecule has 0 bridgehead atoms. The summed E-state index contributed by atoms with van der Waals surface area (Å²) in [5, 5.41) is 12.6. The van der Waals surface area contributed by atoms with Crippen molar-refractivity contribution in [1.29, 1.82) is 0 Å². The summed E-state index contributed by atoms with van der Waals surface area (Å²) in [7, 11) is 0. The number of nitrogens with two attached hydrogens (primary N) is 1. The van der Waals surface area contributed by atoms with Gasteiger partial charge in [0.25, 0.3) is 0 Å². The molecule has 2 saturated heterocycles. The van der Waals surface area contributed by atoms with Crippen LogP contribution in [0.15, 0.2) is 12.1 Å². The van der Waals surface area contributed by atoms with Crippen LogP contribution in [0.1, 0.15) is 36.0 Å². The maximum Gasteiger partial charge on any atom is 0.340 e.